The summed E-state index contributed by atoms with van der Waals surface area (Å²) in [6.07, 6.45) is 1.92. The number of carboxylic acids is 1. The molecule has 0 saturated carbocycles. The molecule has 3 rings (SSSR count). The monoisotopic (exact) mass is 286 g/mol. The van der Waals surface area contributed by atoms with Crippen LogP contribution in [0.15, 0.2) is 48.7 Å². The van der Waals surface area contributed by atoms with Crippen LogP contribution in [0.4, 0.5) is 0 Å². The highest BCUT2D eigenvalue weighted by atomic mass is 35.5. The predicted molar refractivity (Wildman–Crippen MR) is 77.2 cm³/mol. The molecule has 0 bridgehead atoms. The van der Waals surface area contributed by atoms with Gasteiger partial charge in [-0.25, -0.2) is 9.78 Å². The standard InChI is InChI=1S/C15H11ClN2O2/c16-12-4-2-6-14-11(12)7-8-18(14)9-10-3-1-5-13(17-10)15(19)20/h1-8H,9H2,(H,19,20). The van der Waals surface area contributed by atoms with Crippen molar-refractivity contribution in [1.82, 2.24) is 9.55 Å². The molecule has 5 heteroatoms. The Labute approximate surface area is 120 Å². The molecule has 1 aromatic carbocycles. The van der Waals surface area contributed by atoms with Gasteiger partial charge in [0.1, 0.15) is 5.69 Å². The van der Waals surface area contributed by atoms with Crippen molar-refractivity contribution >= 4 is 28.5 Å². The number of benzene rings is 1. The lowest BCUT2D eigenvalue weighted by molar-refractivity contribution is 0.0690. The van der Waals surface area contributed by atoms with E-state index in [1.807, 2.05) is 41.1 Å². The first-order valence-corrected chi connectivity index (χ1v) is 6.45. The van der Waals surface area contributed by atoms with Crippen molar-refractivity contribution in [2.75, 3.05) is 0 Å². The van der Waals surface area contributed by atoms with E-state index in [4.69, 9.17) is 16.7 Å². The van der Waals surface area contributed by atoms with Crippen LogP contribution in [0.1, 0.15) is 16.2 Å². The SMILES string of the molecule is O=C(O)c1cccc(Cn2ccc3c(Cl)cccc32)n1. The van der Waals surface area contributed by atoms with Crippen molar-refractivity contribution in [2.45, 2.75) is 6.54 Å². The van der Waals surface area contributed by atoms with Gasteiger partial charge in [-0.1, -0.05) is 23.7 Å². The van der Waals surface area contributed by atoms with Crippen LogP contribution >= 0.6 is 11.6 Å². The molecule has 2 aromatic heterocycles. The molecule has 0 atom stereocenters. The smallest absolute Gasteiger partial charge is 0.354 e. The molecule has 0 amide bonds. The van der Waals surface area contributed by atoms with Crippen LogP contribution in [0.25, 0.3) is 10.9 Å². The lowest BCUT2D eigenvalue weighted by atomic mass is 10.2. The molecule has 0 aliphatic rings. The molecule has 0 aliphatic heterocycles. The van der Waals surface area contributed by atoms with Gasteiger partial charge in [0.2, 0.25) is 0 Å². The number of halogens is 1. The summed E-state index contributed by atoms with van der Waals surface area (Å²) in [7, 11) is 0. The average molecular weight is 287 g/mol. The molecule has 0 spiro atoms. The number of aromatic nitrogens is 2. The number of rotatable bonds is 3. The molecule has 20 heavy (non-hydrogen) atoms. The Morgan fingerprint density at radius 3 is 2.80 bits per heavy atom. The normalized spacial score (nSPS) is 10.8. The van der Waals surface area contributed by atoms with Gasteiger partial charge >= 0.3 is 5.97 Å². The van der Waals surface area contributed by atoms with Gasteiger partial charge in [-0.05, 0) is 30.3 Å². The molecule has 100 valence electrons. The van der Waals surface area contributed by atoms with E-state index in [-0.39, 0.29) is 5.69 Å². The van der Waals surface area contributed by atoms with Crippen LogP contribution in [0.3, 0.4) is 0 Å². The average Bonchev–Trinajstić information content (AvgIpc) is 2.84. The van der Waals surface area contributed by atoms with Crippen LogP contribution in [0.2, 0.25) is 5.02 Å². The molecule has 0 fully saturated rings. The quantitative estimate of drug-likeness (QED) is 0.802. The largest absolute Gasteiger partial charge is 0.477 e. The van der Waals surface area contributed by atoms with Crippen molar-refractivity contribution in [1.29, 1.82) is 0 Å². The van der Waals surface area contributed by atoms with E-state index < -0.39 is 5.97 Å². The lowest BCUT2D eigenvalue weighted by Crippen LogP contribution is -2.05. The van der Waals surface area contributed by atoms with Crippen molar-refractivity contribution in [2.24, 2.45) is 0 Å². The van der Waals surface area contributed by atoms with Crippen molar-refractivity contribution in [3.8, 4) is 0 Å². The van der Waals surface area contributed by atoms with E-state index in [2.05, 4.69) is 4.98 Å². The van der Waals surface area contributed by atoms with Crippen molar-refractivity contribution in [3.63, 3.8) is 0 Å². The summed E-state index contributed by atoms with van der Waals surface area (Å²) in [4.78, 5) is 15.0. The second kappa shape index (κ2) is 4.98. The maximum atomic E-state index is 10.9. The van der Waals surface area contributed by atoms with Gasteiger partial charge in [-0.15, -0.1) is 0 Å². The Bertz CT molecular complexity index is 795. The first-order valence-electron chi connectivity index (χ1n) is 6.08. The number of hydrogen-bond donors (Lipinski definition) is 1. The number of carboxylic acid groups (broad SMARTS) is 1. The van der Waals surface area contributed by atoms with E-state index in [1.54, 1.807) is 6.07 Å². The maximum absolute atomic E-state index is 10.9. The fraction of sp³-hybridized carbons (Fsp3) is 0.0667. The van der Waals surface area contributed by atoms with Gasteiger partial charge in [0, 0.05) is 22.1 Å². The van der Waals surface area contributed by atoms with Gasteiger partial charge in [-0.2, -0.15) is 0 Å². The van der Waals surface area contributed by atoms with Crippen LogP contribution in [0, 0.1) is 0 Å². The molecule has 0 aliphatic carbocycles. The number of nitrogens with zero attached hydrogens (tertiary/aromatic N) is 2. The van der Waals surface area contributed by atoms with Crippen LogP contribution in [-0.2, 0) is 6.54 Å². The van der Waals surface area contributed by atoms with Crippen LogP contribution in [0.5, 0.6) is 0 Å². The summed E-state index contributed by atoms with van der Waals surface area (Å²) in [6, 6.07) is 12.6. The highest BCUT2D eigenvalue weighted by Crippen LogP contribution is 2.24. The summed E-state index contributed by atoms with van der Waals surface area (Å²) in [6.45, 7) is 0.505. The van der Waals surface area contributed by atoms with Gasteiger partial charge in [0.15, 0.2) is 0 Å². The molecular formula is C15H11ClN2O2. The first-order chi connectivity index (χ1) is 9.65. The summed E-state index contributed by atoms with van der Waals surface area (Å²) in [5.41, 5.74) is 1.75. The van der Waals surface area contributed by atoms with E-state index in [1.165, 1.54) is 6.07 Å². The Morgan fingerprint density at radius 1 is 1.20 bits per heavy atom. The molecular weight excluding hydrogens is 276 g/mol. The second-order valence-corrected chi connectivity index (χ2v) is 4.84. The number of hydrogen-bond acceptors (Lipinski definition) is 2. The minimum absolute atomic E-state index is 0.0528. The van der Waals surface area contributed by atoms with Gasteiger partial charge < -0.3 is 9.67 Å². The number of fused-ring (bicyclic) bond motifs is 1. The number of carbonyl (C=O) groups is 1. The zero-order chi connectivity index (χ0) is 14.1. The Morgan fingerprint density at radius 2 is 2.00 bits per heavy atom. The predicted octanol–water partition coefficient (Wildman–Crippen LogP) is 3.44. The number of aromatic carboxylic acids is 1. The maximum Gasteiger partial charge on any atom is 0.354 e. The lowest BCUT2D eigenvalue weighted by Gasteiger charge is -2.06. The molecule has 0 radical (unpaired) electrons. The minimum Gasteiger partial charge on any atom is -0.477 e. The van der Waals surface area contributed by atoms with Crippen molar-refractivity contribution < 1.29 is 9.90 Å². The first kappa shape index (κ1) is 12.7. The third-order valence-electron chi connectivity index (χ3n) is 3.12. The Kier molecular flexibility index (Phi) is 3.16. The van der Waals surface area contributed by atoms with E-state index >= 15 is 0 Å². The van der Waals surface area contributed by atoms with Crippen molar-refractivity contribution in [3.05, 3.63) is 65.1 Å². The summed E-state index contributed by atoms with van der Waals surface area (Å²) < 4.78 is 2.00. The molecule has 0 unspecified atom stereocenters. The van der Waals surface area contributed by atoms with Gasteiger partial charge in [0.25, 0.3) is 0 Å². The molecule has 4 nitrogen and oxygen atoms in total. The summed E-state index contributed by atoms with van der Waals surface area (Å²) in [5.74, 6) is -1.02. The molecule has 0 saturated heterocycles. The molecule has 1 N–H and O–H groups in total. The Hall–Kier alpha value is -2.33. The second-order valence-electron chi connectivity index (χ2n) is 4.44. The Balaban J connectivity index is 1.99. The highest BCUT2D eigenvalue weighted by Gasteiger charge is 2.08. The topological polar surface area (TPSA) is 55.1 Å². The zero-order valence-electron chi connectivity index (χ0n) is 10.5. The fourth-order valence-electron chi connectivity index (χ4n) is 2.19. The third kappa shape index (κ3) is 2.26. The zero-order valence-corrected chi connectivity index (χ0v) is 11.2. The number of pyridine rings is 1. The summed E-state index contributed by atoms with van der Waals surface area (Å²) in [5, 5.41) is 10.6. The summed E-state index contributed by atoms with van der Waals surface area (Å²) >= 11 is 6.13. The van der Waals surface area contributed by atoms with E-state index in [0.29, 0.717) is 17.3 Å². The van der Waals surface area contributed by atoms with Crippen LogP contribution < -0.4 is 0 Å². The van der Waals surface area contributed by atoms with Gasteiger partial charge in [0.05, 0.1) is 12.2 Å². The van der Waals surface area contributed by atoms with Gasteiger partial charge in [-0.3, -0.25) is 0 Å². The fourth-order valence-corrected chi connectivity index (χ4v) is 2.42. The molecule has 2 heterocycles. The molecule has 3 aromatic rings. The highest BCUT2D eigenvalue weighted by molar-refractivity contribution is 6.35. The minimum atomic E-state index is -1.02. The van der Waals surface area contributed by atoms with Crippen LogP contribution in [-0.4, -0.2) is 20.6 Å². The third-order valence-corrected chi connectivity index (χ3v) is 3.45. The van der Waals surface area contributed by atoms with E-state index in [0.717, 1.165) is 10.9 Å². The van der Waals surface area contributed by atoms with E-state index in [9.17, 15) is 4.79 Å².